The summed E-state index contributed by atoms with van der Waals surface area (Å²) in [4.78, 5) is 20.6. The summed E-state index contributed by atoms with van der Waals surface area (Å²) in [5.74, 6) is 1.48. The Morgan fingerprint density at radius 1 is 1.00 bits per heavy atom. The van der Waals surface area contributed by atoms with Gasteiger partial charge in [-0.05, 0) is 18.9 Å². The first-order valence-electron chi connectivity index (χ1n) is 10.7. The van der Waals surface area contributed by atoms with E-state index in [0.717, 1.165) is 65.0 Å². The molecule has 3 fully saturated rings. The molecule has 2 saturated heterocycles. The molecule has 1 saturated carbocycles. The number of hydrogen-bond donors (Lipinski definition) is 1. The second-order valence-electron chi connectivity index (χ2n) is 8.08. The van der Waals surface area contributed by atoms with E-state index in [9.17, 15) is 0 Å². The van der Waals surface area contributed by atoms with Crippen LogP contribution in [0.4, 0.5) is 5.95 Å². The number of morpholine rings is 1. The molecule has 154 valence electrons. The number of ether oxygens (including phenoxy) is 1. The highest BCUT2D eigenvalue weighted by Crippen LogP contribution is 2.34. The van der Waals surface area contributed by atoms with E-state index in [-0.39, 0.29) is 5.54 Å². The summed E-state index contributed by atoms with van der Waals surface area (Å²) >= 11 is 0. The van der Waals surface area contributed by atoms with Crippen molar-refractivity contribution in [1.82, 2.24) is 19.8 Å². The third-order valence-corrected chi connectivity index (χ3v) is 6.44. The maximum Gasteiger partial charge on any atom is 0.225 e. The summed E-state index contributed by atoms with van der Waals surface area (Å²) in [6, 6.07) is 1.85. The van der Waals surface area contributed by atoms with Crippen LogP contribution in [0.5, 0.6) is 0 Å². The molecule has 2 aliphatic heterocycles. The van der Waals surface area contributed by atoms with Gasteiger partial charge in [0, 0.05) is 57.2 Å². The Hall–Kier alpha value is -1.93. The van der Waals surface area contributed by atoms with Gasteiger partial charge in [0.25, 0.3) is 0 Å². The van der Waals surface area contributed by atoms with Crippen molar-refractivity contribution in [3.8, 4) is 0 Å². The number of guanidine groups is 1. The van der Waals surface area contributed by atoms with E-state index >= 15 is 0 Å². The number of hydrogen-bond acceptors (Lipinski definition) is 6. The standard InChI is InChI=1S/C20H33N7O/c21-18(25-9-11-26(12-10-25)19-22-7-4-8-23-19)24-17-20(5-2-1-3-6-20)27-13-15-28-16-14-27/h4,7-8H,1-3,5-6,9-17H2,(H2,21,24). The molecule has 0 spiro atoms. The molecule has 0 unspecified atom stereocenters. The smallest absolute Gasteiger partial charge is 0.225 e. The topological polar surface area (TPSA) is 83.1 Å². The lowest BCUT2D eigenvalue weighted by Crippen LogP contribution is -2.57. The highest BCUT2D eigenvalue weighted by Gasteiger charge is 2.38. The minimum atomic E-state index is 0.173. The maximum atomic E-state index is 6.42. The minimum absolute atomic E-state index is 0.173. The van der Waals surface area contributed by atoms with Gasteiger partial charge in [0.2, 0.25) is 5.95 Å². The van der Waals surface area contributed by atoms with Crippen molar-refractivity contribution in [2.45, 2.75) is 37.6 Å². The number of anilines is 1. The van der Waals surface area contributed by atoms with Crippen LogP contribution in [0, 0.1) is 0 Å². The van der Waals surface area contributed by atoms with Gasteiger partial charge in [-0.25, -0.2) is 9.97 Å². The Bertz CT molecular complexity index is 633. The Morgan fingerprint density at radius 3 is 2.36 bits per heavy atom. The second kappa shape index (κ2) is 9.05. The SMILES string of the molecule is NC(=NCC1(N2CCOCC2)CCCCC1)N1CCN(c2ncccn2)CC1. The van der Waals surface area contributed by atoms with Crippen LogP contribution in [0.3, 0.4) is 0 Å². The summed E-state index contributed by atoms with van der Waals surface area (Å²) in [6.07, 6.45) is 9.96. The number of nitrogens with two attached hydrogens (primary N) is 1. The third-order valence-electron chi connectivity index (χ3n) is 6.44. The molecule has 2 N–H and O–H groups in total. The van der Waals surface area contributed by atoms with E-state index < -0.39 is 0 Å². The van der Waals surface area contributed by atoms with E-state index in [1.54, 1.807) is 12.4 Å². The number of aromatic nitrogens is 2. The van der Waals surface area contributed by atoms with Gasteiger partial charge in [-0.15, -0.1) is 0 Å². The first-order valence-corrected chi connectivity index (χ1v) is 10.7. The van der Waals surface area contributed by atoms with Gasteiger partial charge in [-0.3, -0.25) is 9.89 Å². The fourth-order valence-electron chi connectivity index (χ4n) is 4.74. The maximum absolute atomic E-state index is 6.42. The van der Waals surface area contributed by atoms with Crippen LogP contribution in [0.2, 0.25) is 0 Å². The van der Waals surface area contributed by atoms with Crippen LogP contribution in [-0.4, -0.2) is 90.3 Å². The Balaban J connectivity index is 1.36. The van der Waals surface area contributed by atoms with Gasteiger partial charge < -0.3 is 20.3 Å². The molecule has 3 heterocycles. The van der Waals surface area contributed by atoms with Crippen LogP contribution < -0.4 is 10.6 Å². The zero-order valence-electron chi connectivity index (χ0n) is 16.8. The molecule has 0 bridgehead atoms. The molecule has 8 heteroatoms. The number of nitrogens with zero attached hydrogens (tertiary/aromatic N) is 6. The lowest BCUT2D eigenvalue weighted by Gasteiger charge is -2.47. The van der Waals surface area contributed by atoms with Crippen LogP contribution in [-0.2, 0) is 4.74 Å². The molecular formula is C20H33N7O. The summed E-state index contributed by atoms with van der Waals surface area (Å²) in [6.45, 7) is 7.98. The van der Waals surface area contributed by atoms with Crippen molar-refractivity contribution in [2.75, 3.05) is 63.9 Å². The van der Waals surface area contributed by atoms with Crippen molar-refractivity contribution < 1.29 is 4.74 Å². The molecule has 0 radical (unpaired) electrons. The number of rotatable bonds is 4. The van der Waals surface area contributed by atoms with E-state index in [4.69, 9.17) is 15.5 Å². The molecule has 0 aromatic carbocycles. The lowest BCUT2D eigenvalue weighted by molar-refractivity contribution is -0.0334. The molecule has 28 heavy (non-hydrogen) atoms. The molecule has 0 amide bonds. The van der Waals surface area contributed by atoms with E-state index in [1.165, 1.54) is 32.1 Å². The lowest BCUT2D eigenvalue weighted by atomic mass is 9.80. The van der Waals surface area contributed by atoms with E-state index in [0.29, 0.717) is 5.96 Å². The van der Waals surface area contributed by atoms with Crippen molar-refractivity contribution in [3.63, 3.8) is 0 Å². The predicted molar refractivity (Wildman–Crippen MR) is 111 cm³/mol. The van der Waals surface area contributed by atoms with Crippen LogP contribution in [0.25, 0.3) is 0 Å². The number of aliphatic imine (C=N–C) groups is 1. The first kappa shape index (κ1) is 19.4. The van der Waals surface area contributed by atoms with Crippen LogP contribution in [0.15, 0.2) is 23.5 Å². The Kier molecular flexibility index (Phi) is 6.26. The van der Waals surface area contributed by atoms with Crippen molar-refractivity contribution in [1.29, 1.82) is 0 Å². The van der Waals surface area contributed by atoms with Gasteiger partial charge >= 0.3 is 0 Å². The van der Waals surface area contributed by atoms with Gasteiger partial charge in [-0.2, -0.15) is 0 Å². The summed E-state index contributed by atoms with van der Waals surface area (Å²) < 4.78 is 5.58. The monoisotopic (exact) mass is 387 g/mol. The Morgan fingerprint density at radius 2 is 1.68 bits per heavy atom. The zero-order chi connectivity index (χ0) is 19.2. The molecule has 4 rings (SSSR count). The van der Waals surface area contributed by atoms with Gasteiger partial charge in [0.05, 0.1) is 19.8 Å². The normalized spacial score (nSPS) is 24.4. The summed E-state index contributed by atoms with van der Waals surface area (Å²) in [5.41, 5.74) is 6.59. The highest BCUT2D eigenvalue weighted by molar-refractivity contribution is 5.78. The van der Waals surface area contributed by atoms with Crippen LogP contribution in [0.1, 0.15) is 32.1 Å². The fraction of sp³-hybridized carbons (Fsp3) is 0.750. The number of piperazine rings is 1. The highest BCUT2D eigenvalue weighted by atomic mass is 16.5. The van der Waals surface area contributed by atoms with Gasteiger partial charge in [0.1, 0.15) is 0 Å². The molecule has 1 aromatic rings. The van der Waals surface area contributed by atoms with E-state index in [2.05, 4.69) is 24.7 Å². The van der Waals surface area contributed by atoms with Crippen molar-refractivity contribution in [2.24, 2.45) is 10.7 Å². The zero-order valence-corrected chi connectivity index (χ0v) is 16.8. The summed E-state index contributed by atoms with van der Waals surface area (Å²) in [7, 11) is 0. The first-order chi connectivity index (χ1) is 13.8. The van der Waals surface area contributed by atoms with E-state index in [1.807, 2.05) is 6.07 Å². The Labute approximate surface area is 167 Å². The van der Waals surface area contributed by atoms with Crippen molar-refractivity contribution >= 4 is 11.9 Å². The quantitative estimate of drug-likeness (QED) is 0.608. The van der Waals surface area contributed by atoms with Gasteiger partial charge in [0.15, 0.2) is 5.96 Å². The summed E-state index contributed by atoms with van der Waals surface area (Å²) in [5, 5.41) is 0. The third kappa shape index (κ3) is 4.38. The fourth-order valence-corrected chi connectivity index (χ4v) is 4.74. The molecular weight excluding hydrogens is 354 g/mol. The average molecular weight is 388 g/mol. The largest absolute Gasteiger partial charge is 0.379 e. The molecule has 1 aromatic heterocycles. The molecule has 0 atom stereocenters. The minimum Gasteiger partial charge on any atom is -0.379 e. The molecule has 3 aliphatic rings. The van der Waals surface area contributed by atoms with Crippen molar-refractivity contribution in [3.05, 3.63) is 18.5 Å². The van der Waals surface area contributed by atoms with Crippen LogP contribution >= 0.6 is 0 Å². The predicted octanol–water partition coefficient (Wildman–Crippen LogP) is 0.948. The molecule has 1 aliphatic carbocycles. The van der Waals surface area contributed by atoms with Gasteiger partial charge in [-0.1, -0.05) is 19.3 Å². The average Bonchev–Trinajstić information content (AvgIpc) is 2.79. The second-order valence-corrected chi connectivity index (χ2v) is 8.08. The molecule has 8 nitrogen and oxygen atoms in total.